The summed E-state index contributed by atoms with van der Waals surface area (Å²) in [6.07, 6.45) is 0. The van der Waals surface area contributed by atoms with E-state index in [0.29, 0.717) is 49.8 Å². The number of fused-ring (bicyclic) bond motifs is 1. The molecule has 0 bridgehead atoms. The van der Waals surface area contributed by atoms with Crippen molar-refractivity contribution < 1.29 is 23.8 Å². The van der Waals surface area contributed by atoms with E-state index in [1.807, 2.05) is 22.4 Å². The molecule has 0 spiro atoms. The van der Waals surface area contributed by atoms with Crippen molar-refractivity contribution in [3.05, 3.63) is 68.3 Å². The maximum absolute atomic E-state index is 14.6. The van der Waals surface area contributed by atoms with E-state index in [2.05, 4.69) is 10.2 Å². The molecule has 0 aliphatic carbocycles. The molecule has 2 atom stereocenters. The summed E-state index contributed by atoms with van der Waals surface area (Å²) in [6.45, 7) is 8.13. The molecule has 2 saturated heterocycles. The van der Waals surface area contributed by atoms with Crippen LogP contribution in [0.2, 0.25) is 5.02 Å². The number of carbonyl (C=O) groups excluding carboxylic acids is 2. The van der Waals surface area contributed by atoms with Crippen LogP contribution >= 0.6 is 22.9 Å². The van der Waals surface area contributed by atoms with Crippen LogP contribution in [0.4, 0.5) is 9.18 Å². The number of urea groups is 1. The fraction of sp³-hybridized carbons (Fsp3) is 0.464. The number of aliphatic hydroxyl groups is 1. The van der Waals surface area contributed by atoms with E-state index in [1.165, 1.54) is 17.4 Å². The minimum absolute atomic E-state index is 0.0438. The van der Waals surface area contributed by atoms with Crippen LogP contribution in [-0.4, -0.2) is 95.2 Å². The van der Waals surface area contributed by atoms with E-state index >= 15 is 0 Å². The van der Waals surface area contributed by atoms with Gasteiger partial charge in [0, 0.05) is 44.0 Å². The Morgan fingerprint density at radius 2 is 2.08 bits per heavy atom. The molecular formula is C28H33ClFN5O4S. The number of benzene rings is 1. The number of amidine groups is 1. The Balaban J connectivity index is 1.48. The van der Waals surface area contributed by atoms with Crippen LogP contribution in [0.15, 0.2) is 52.0 Å². The summed E-state index contributed by atoms with van der Waals surface area (Å²) >= 11 is 7.91. The minimum Gasteiger partial charge on any atom is -0.463 e. The van der Waals surface area contributed by atoms with Crippen molar-refractivity contribution in [2.45, 2.75) is 38.5 Å². The van der Waals surface area contributed by atoms with Gasteiger partial charge in [0.05, 0.1) is 40.3 Å². The first-order valence-electron chi connectivity index (χ1n) is 13.3. The lowest BCUT2D eigenvalue weighted by Gasteiger charge is -2.38. The predicted octanol–water partition coefficient (Wildman–Crippen LogP) is 3.64. The van der Waals surface area contributed by atoms with Crippen LogP contribution in [0.1, 0.15) is 37.3 Å². The average molecular weight is 590 g/mol. The van der Waals surface area contributed by atoms with Crippen molar-refractivity contribution >= 4 is 40.8 Å². The molecule has 1 aromatic carbocycles. The number of ether oxygens (including phenoxy) is 1. The topological polar surface area (TPSA) is 97.7 Å². The van der Waals surface area contributed by atoms with E-state index < -0.39 is 23.4 Å². The Morgan fingerprint density at radius 1 is 1.27 bits per heavy atom. The number of hydrogen-bond donors (Lipinski definition) is 2. The largest absolute Gasteiger partial charge is 0.463 e. The van der Waals surface area contributed by atoms with Crippen molar-refractivity contribution in [3.63, 3.8) is 0 Å². The molecule has 9 nitrogen and oxygen atoms in total. The van der Waals surface area contributed by atoms with Crippen LogP contribution in [-0.2, 0) is 9.53 Å². The van der Waals surface area contributed by atoms with Crippen molar-refractivity contribution in [2.75, 3.05) is 45.9 Å². The van der Waals surface area contributed by atoms with E-state index in [4.69, 9.17) is 21.3 Å². The van der Waals surface area contributed by atoms with Crippen molar-refractivity contribution in [1.82, 2.24) is 20.0 Å². The lowest BCUT2D eigenvalue weighted by Crippen LogP contribution is -2.53. The summed E-state index contributed by atoms with van der Waals surface area (Å²) in [4.78, 5) is 37.8. The monoisotopic (exact) mass is 589 g/mol. The molecule has 40 heavy (non-hydrogen) atoms. The van der Waals surface area contributed by atoms with Gasteiger partial charge in [0.1, 0.15) is 17.7 Å². The molecular weight excluding hydrogens is 557 g/mol. The molecule has 12 heteroatoms. The Labute approximate surface area is 241 Å². The van der Waals surface area contributed by atoms with Crippen LogP contribution in [0.3, 0.4) is 0 Å². The van der Waals surface area contributed by atoms with E-state index in [0.717, 1.165) is 4.88 Å². The molecule has 2 N–H and O–H groups in total. The Bertz CT molecular complexity index is 1340. The molecule has 5 rings (SSSR count). The highest BCUT2D eigenvalue weighted by Gasteiger charge is 2.43. The second-order valence-corrected chi connectivity index (χ2v) is 12.1. The van der Waals surface area contributed by atoms with Gasteiger partial charge in [-0.25, -0.2) is 14.0 Å². The number of nitrogens with zero attached hydrogens (tertiary/aromatic N) is 4. The van der Waals surface area contributed by atoms with Gasteiger partial charge in [-0.3, -0.25) is 9.89 Å². The number of thiophene rings is 1. The molecule has 3 aliphatic rings. The van der Waals surface area contributed by atoms with E-state index in [-0.39, 0.29) is 35.8 Å². The average Bonchev–Trinajstić information content (AvgIpc) is 3.53. The van der Waals surface area contributed by atoms with Gasteiger partial charge in [-0.1, -0.05) is 29.8 Å². The number of amides is 2. The number of piperazine rings is 1. The van der Waals surface area contributed by atoms with E-state index in [1.54, 1.807) is 37.8 Å². The number of β-amino-alcohol motifs (C(OH)–C–C–N with tert-alkyl or cyclic N) is 1. The molecule has 0 unspecified atom stereocenters. The Hall–Kier alpha value is -2.99. The number of halogens is 2. The summed E-state index contributed by atoms with van der Waals surface area (Å²) < 4.78 is 20.0. The summed E-state index contributed by atoms with van der Waals surface area (Å²) in [5, 5.41) is 15.5. The summed E-state index contributed by atoms with van der Waals surface area (Å²) in [5.41, 5.74) is 0.280. The molecule has 3 aliphatic heterocycles. The summed E-state index contributed by atoms with van der Waals surface area (Å²) in [5.74, 6) is -0.572. The number of nitrogens with one attached hydrogen (secondary N) is 1. The van der Waals surface area contributed by atoms with E-state index in [9.17, 15) is 19.1 Å². The molecule has 0 saturated carbocycles. The fourth-order valence-electron chi connectivity index (χ4n) is 5.47. The smallest absolute Gasteiger partial charge is 0.338 e. The highest BCUT2D eigenvalue weighted by molar-refractivity contribution is 7.12. The third-order valence-corrected chi connectivity index (χ3v) is 8.40. The molecule has 1 aromatic heterocycles. The van der Waals surface area contributed by atoms with Gasteiger partial charge in [0.25, 0.3) is 0 Å². The quantitative estimate of drug-likeness (QED) is 0.456. The van der Waals surface area contributed by atoms with Crippen molar-refractivity contribution in [2.24, 2.45) is 4.99 Å². The first-order valence-corrected chi connectivity index (χ1v) is 14.5. The Kier molecular flexibility index (Phi) is 8.19. The minimum atomic E-state index is -0.986. The SMILES string of the molecule is CCOC(=O)C1=C(CN2CCN3C(=O)N(CC(C)(C)O)C[C@H]3C2)NC(c2cccs2)=N[C@H]1c1cccc(F)c1Cl. The van der Waals surface area contributed by atoms with Gasteiger partial charge in [-0.05, 0) is 38.3 Å². The van der Waals surface area contributed by atoms with Gasteiger partial charge >= 0.3 is 12.0 Å². The molecule has 2 amide bonds. The summed E-state index contributed by atoms with van der Waals surface area (Å²) in [7, 11) is 0. The van der Waals surface area contributed by atoms with Crippen LogP contribution in [0.5, 0.6) is 0 Å². The lowest BCUT2D eigenvalue weighted by molar-refractivity contribution is -0.139. The van der Waals surface area contributed by atoms with Crippen molar-refractivity contribution in [3.8, 4) is 0 Å². The fourth-order valence-corrected chi connectivity index (χ4v) is 6.38. The molecule has 0 radical (unpaired) electrons. The zero-order valence-corrected chi connectivity index (χ0v) is 24.3. The third kappa shape index (κ3) is 5.88. The van der Waals surface area contributed by atoms with Gasteiger partial charge in [0.2, 0.25) is 0 Å². The molecule has 2 aromatic rings. The zero-order valence-electron chi connectivity index (χ0n) is 22.7. The number of aliphatic imine (C=N–C) groups is 1. The highest BCUT2D eigenvalue weighted by Crippen LogP contribution is 2.38. The molecule has 2 fully saturated rings. The second kappa shape index (κ2) is 11.5. The van der Waals surface area contributed by atoms with Gasteiger partial charge < -0.3 is 25.0 Å². The zero-order chi connectivity index (χ0) is 28.6. The normalized spacial score (nSPS) is 21.9. The first kappa shape index (κ1) is 28.5. The van der Waals surface area contributed by atoms with Gasteiger partial charge in [-0.2, -0.15) is 0 Å². The second-order valence-electron chi connectivity index (χ2n) is 10.8. The lowest BCUT2D eigenvalue weighted by atomic mass is 9.94. The van der Waals surface area contributed by atoms with Crippen LogP contribution in [0, 0.1) is 5.82 Å². The van der Waals surface area contributed by atoms with Gasteiger partial charge in [-0.15, -0.1) is 11.3 Å². The highest BCUT2D eigenvalue weighted by atomic mass is 35.5. The van der Waals surface area contributed by atoms with Crippen molar-refractivity contribution in [1.29, 1.82) is 0 Å². The number of hydrogen-bond acceptors (Lipinski definition) is 8. The molecule has 214 valence electrons. The standard InChI is InChI=1S/C28H33ClFN5O4S/c1-4-39-26(36)22-20(15-33-10-11-35-17(13-33)14-34(27(35)37)16-28(2,3)38)31-25(21-9-6-12-40-21)32-24(22)18-7-5-8-19(30)23(18)29/h5-9,12,17,24,38H,4,10-11,13-16H2,1-3H3,(H,31,32)/t17-,24+/m1/s1. The third-order valence-electron chi connectivity index (χ3n) is 7.13. The maximum atomic E-state index is 14.6. The molecule has 4 heterocycles. The predicted molar refractivity (Wildman–Crippen MR) is 152 cm³/mol. The number of esters is 1. The van der Waals surface area contributed by atoms with Gasteiger partial charge in [0.15, 0.2) is 0 Å². The van der Waals surface area contributed by atoms with Crippen LogP contribution < -0.4 is 5.32 Å². The number of carbonyl (C=O) groups is 2. The number of rotatable bonds is 8. The maximum Gasteiger partial charge on any atom is 0.338 e. The Morgan fingerprint density at radius 3 is 2.77 bits per heavy atom. The summed E-state index contributed by atoms with van der Waals surface area (Å²) in [6, 6.07) is 7.36. The first-order chi connectivity index (χ1) is 19.1. The van der Waals surface area contributed by atoms with Crippen LogP contribution in [0.25, 0.3) is 0 Å².